The van der Waals surface area contributed by atoms with Crippen molar-refractivity contribution in [3.05, 3.63) is 27.9 Å². The van der Waals surface area contributed by atoms with Gasteiger partial charge in [0.15, 0.2) is 0 Å². The zero-order chi connectivity index (χ0) is 15.8. The van der Waals surface area contributed by atoms with Crippen LogP contribution in [0.3, 0.4) is 0 Å². The molecular formula is C13H20N4O4. The van der Waals surface area contributed by atoms with Crippen LogP contribution in [-0.4, -0.2) is 42.6 Å². The number of aromatic nitrogens is 1. The average molecular weight is 296 g/mol. The summed E-state index contributed by atoms with van der Waals surface area (Å²) in [7, 11) is 3.17. The Morgan fingerprint density at radius 3 is 2.81 bits per heavy atom. The quantitative estimate of drug-likeness (QED) is 0.557. The van der Waals surface area contributed by atoms with E-state index in [2.05, 4.69) is 15.6 Å². The third-order valence-corrected chi connectivity index (χ3v) is 2.92. The van der Waals surface area contributed by atoms with Crippen molar-refractivity contribution in [3.8, 4) is 0 Å². The lowest BCUT2D eigenvalue weighted by atomic mass is 10.1. The lowest BCUT2D eigenvalue weighted by molar-refractivity contribution is -0.385. The zero-order valence-corrected chi connectivity index (χ0v) is 12.4. The summed E-state index contributed by atoms with van der Waals surface area (Å²) in [6.45, 7) is 2.35. The van der Waals surface area contributed by atoms with Crippen LogP contribution >= 0.6 is 0 Å². The number of carbonyl (C=O) groups is 1. The number of ether oxygens (including phenoxy) is 1. The average Bonchev–Trinajstić information content (AvgIpc) is 2.46. The molecule has 0 fully saturated rings. The molecule has 0 bridgehead atoms. The van der Waals surface area contributed by atoms with Gasteiger partial charge in [-0.15, -0.1) is 0 Å². The third kappa shape index (κ3) is 4.67. The molecule has 1 unspecified atom stereocenters. The van der Waals surface area contributed by atoms with E-state index >= 15 is 0 Å². The highest BCUT2D eigenvalue weighted by molar-refractivity contribution is 5.98. The van der Waals surface area contributed by atoms with Gasteiger partial charge in [0.2, 0.25) is 0 Å². The lowest BCUT2D eigenvalue weighted by Crippen LogP contribution is -2.38. The van der Waals surface area contributed by atoms with E-state index in [1.54, 1.807) is 14.2 Å². The number of nitro groups is 1. The van der Waals surface area contributed by atoms with Crippen molar-refractivity contribution in [1.29, 1.82) is 0 Å². The van der Waals surface area contributed by atoms with Crippen LogP contribution in [-0.2, 0) is 4.74 Å². The van der Waals surface area contributed by atoms with Gasteiger partial charge >= 0.3 is 0 Å². The maximum Gasteiger partial charge on any atom is 0.300 e. The Morgan fingerprint density at radius 1 is 1.57 bits per heavy atom. The number of nitrogens with one attached hydrogen (secondary N) is 2. The first-order valence-electron chi connectivity index (χ1n) is 6.65. The maximum atomic E-state index is 12.3. The van der Waals surface area contributed by atoms with Crippen LogP contribution in [0.15, 0.2) is 12.3 Å². The molecule has 0 spiro atoms. The second kappa shape index (κ2) is 8.15. The minimum absolute atomic E-state index is 0.0171. The van der Waals surface area contributed by atoms with Gasteiger partial charge in [0.1, 0.15) is 17.6 Å². The van der Waals surface area contributed by atoms with Crippen molar-refractivity contribution in [1.82, 2.24) is 10.3 Å². The molecule has 1 aromatic rings. The molecule has 8 heteroatoms. The molecule has 116 valence electrons. The summed E-state index contributed by atoms with van der Waals surface area (Å²) < 4.78 is 5.04. The number of carbonyl (C=O) groups excluding carboxylic acids is 1. The monoisotopic (exact) mass is 296 g/mol. The standard InChI is InChI=1S/C13H20N4O4/c1-4-5-9(8-21-3)16-13(18)10-6-12(14-2)15-7-11(10)17(19)20/h6-7,9H,4-5,8H2,1-3H3,(H,14,15)(H,16,18). The Morgan fingerprint density at radius 2 is 2.29 bits per heavy atom. The van der Waals surface area contributed by atoms with Crippen molar-refractivity contribution in [2.75, 3.05) is 26.1 Å². The Hall–Kier alpha value is -2.22. The molecule has 0 aliphatic heterocycles. The van der Waals surface area contributed by atoms with Crippen molar-refractivity contribution >= 4 is 17.4 Å². The van der Waals surface area contributed by atoms with Gasteiger partial charge in [-0.25, -0.2) is 4.98 Å². The first-order chi connectivity index (χ1) is 10.0. The van der Waals surface area contributed by atoms with Crippen molar-refractivity contribution in [2.45, 2.75) is 25.8 Å². The summed E-state index contributed by atoms with van der Waals surface area (Å²) in [4.78, 5) is 26.5. The van der Waals surface area contributed by atoms with Crippen LogP contribution in [0, 0.1) is 10.1 Å². The Labute approximate surface area is 123 Å². The number of pyridine rings is 1. The summed E-state index contributed by atoms with van der Waals surface area (Å²) in [5.41, 5.74) is -0.337. The second-order valence-corrected chi connectivity index (χ2v) is 4.51. The van der Waals surface area contributed by atoms with Crippen LogP contribution in [0.5, 0.6) is 0 Å². The van der Waals surface area contributed by atoms with E-state index in [1.165, 1.54) is 6.07 Å². The van der Waals surface area contributed by atoms with Crippen LogP contribution in [0.4, 0.5) is 11.5 Å². The molecule has 1 heterocycles. The molecule has 21 heavy (non-hydrogen) atoms. The number of amides is 1. The van der Waals surface area contributed by atoms with E-state index in [4.69, 9.17) is 4.74 Å². The summed E-state index contributed by atoms with van der Waals surface area (Å²) in [6.07, 6.45) is 2.68. The smallest absolute Gasteiger partial charge is 0.300 e. The van der Waals surface area contributed by atoms with Crippen LogP contribution in [0.25, 0.3) is 0 Å². The molecule has 0 aliphatic rings. The van der Waals surface area contributed by atoms with Crippen LogP contribution in [0.2, 0.25) is 0 Å². The van der Waals surface area contributed by atoms with Crippen molar-refractivity contribution in [2.24, 2.45) is 0 Å². The third-order valence-electron chi connectivity index (χ3n) is 2.92. The van der Waals surface area contributed by atoms with Gasteiger partial charge in [-0.05, 0) is 6.42 Å². The molecule has 0 aliphatic carbocycles. The minimum Gasteiger partial charge on any atom is -0.383 e. The minimum atomic E-state index is -0.619. The summed E-state index contributed by atoms with van der Waals surface area (Å²) in [5, 5.41) is 16.5. The summed E-state index contributed by atoms with van der Waals surface area (Å²) in [5.74, 6) is -0.111. The molecule has 0 saturated carbocycles. The Kier molecular flexibility index (Phi) is 6.54. The lowest BCUT2D eigenvalue weighted by Gasteiger charge is -2.17. The van der Waals surface area contributed by atoms with E-state index in [1.807, 2.05) is 6.92 Å². The zero-order valence-electron chi connectivity index (χ0n) is 12.4. The van der Waals surface area contributed by atoms with Gasteiger partial charge < -0.3 is 15.4 Å². The molecule has 1 aromatic heterocycles. The van der Waals surface area contributed by atoms with Gasteiger partial charge in [0.05, 0.1) is 17.6 Å². The van der Waals surface area contributed by atoms with Gasteiger partial charge in [0, 0.05) is 20.2 Å². The summed E-state index contributed by atoms with van der Waals surface area (Å²) in [6, 6.07) is 1.18. The van der Waals surface area contributed by atoms with Gasteiger partial charge in [-0.1, -0.05) is 13.3 Å². The van der Waals surface area contributed by atoms with Gasteiger partial charge in [-0.2, -0.15) is 0 Å². The van der Waals surface area contributed by atoms with Gasteiger partial charge in [0.25, 0.3) is 11.6 Å². The molecule has 0 aromatic carbocycles. The highest BCUT2D eigenvalue weighted by Gasteiger charge is 2.23. The Bertz CT molecular complexity index is 501. The largest absolute Gasteiger partial charge is 0.383 e. The maximum absolute atomic E-state index is 12.3. The van der Waals surface area contributed by atoms with Crippen molar-refractivity contribution in [3.63, 3.8) is 0 Å². The highest BCUT2D eigenvalue weighted by Crippen LogP contribution is 2.20. The number of methoxy groups -OCH3 is 1. The van der Waals surface area contributed by atoms with Gasteiger partial charge in [-0.3, -0.25) is 14.9 Å². The van der Waals surface area contributed by atoms with Crippen LogP contribution in [0.1, 0.15) is 30.1 Å². The molecule has 0 saturated heterocycles. The fraction of sp³-hybridized carbons (Fsp3) is 0.538. The van der Waals surface area contributed by atoms with E-state index < -0.39 is 10.8 Å². The molecule has 2 N–H and O–H groups in total. The number of nitrogens with zero attached hydrogens (tertiary/aromatic N) is 2. The fourth-order valence-electron chi connectivity index (χ4n) is 1.92. The predicted molar refractivity (Wildman–Crippen MR) is 78.5 cm³/mol. The number of hydrogen-bond donors (Lipinski definition) is 2. The number of hydrogen-bond acceptors (Lipinski definition) is 6. The van der Waals surface area contributed by atoms with Crippen LogP contribution < -0.4 is 10.6 Å². The van der Waals surface area contributed by atoms with E-state index in [0.29, 0.717) is 12.4 Å². The van der Waals surface area contributed by atoms with E-state index in [0.717, 1.165) is 19.0 Å². The van der Waals surface area contributed by atoms with Crippen molar-refractivity contribution < 1.29 is 14.5 Å². The summed E-state index contributed by atoms with van der Waals surface area (Å²) >= 11 is 0. The SMILES string of the molecule is CCCC(COC)NC(=O)c1cc(NC)ncc1[N+](=O)[O-]. The number of anilines is 1. The fourth-order valence-corrected chi connectivity index (χ4v) is 1.92. The topological polar surface area (TPSA) is 106 Å². The first kappa shape index (κ1) is 16.8. The number of rotatable bonds is 8. The predicted octanol–water partition coefficient (Wildman–Crippen LogP) is 1.58. The second-order valence-electron chi connectivity index (χ2n) is 4.51. The first-order valence-corrected chi connectivity index (χ1v) is 6.65. The molecule has 0 radical (unpaired) electrons. The van der Waals surface area contributed by atoms with E-state index in [9.17, 15) is 14.9 Å². The molecule has 8 nitrogen and oxygen atoms in total. The molecular weight excluding hydrogens is 276 g/mol. The normalized spacial score (nSPS) is 11.8. The Balaban J connectivity index is 3.01. The molecule has 1 rings (SSSR count). The highest BCUT2D eigenvalue weighted by atomic mass is 16.6. The van der Waals surface area contributed by atoms with E-state index in [-0.39, 0.29) is 17.3 Å². The molecule has 1 amide bonds. The molecule has 1 atom stereocenters.